The summed E-state index contributed by atoms with van der Waals surface area (Å²) in [6, 6.07) is 6.30. The molecule has 0 spiro atoms. The first-order valence-corrected chi connectivity index (χ1v) is 11.2. The molecular formula is C19H28N2O6S. The van der Waals surface area contributed by atoms with Crippen LogP contribution >= 0.6 is 0 Å². The molecule has 0 aromatic heterocycles. The number of carbonyl (C=O) groups excluding carboxylic acids is 2. The van der Waals surface area contributed by atoms with Gasteiger partial charge in [0.15, 0.2) is 16.4 Å². The molecule has 1 aromatic rings. The third-order valence-electron chi connectivity index (χ3n) is 4.43. The zero-order chi connectivity index (χ0) is 20.7. The molecule has 1 aliphatic rings. The maximum Gasteiger partial charge on any atom is 0.340 e. The number of para-hydroxylation sites is 1. The Morgan fingerprint density at radius 3 is 2.64 bits per heavy atom. The minimum atomic E-state index is -3.13. The molecule has 1 saturated heterocycles. The maximum absolute atomic E-state index is 12.7. The fourth-order valence-electron chi connectivity index (χ4n) is 3.16. The van der Waals surface area contributed by atoms with Crippen molar-refractivity contribution in [2.75, 3.05) is 43.1 Å². The van der Waals surface area contributed by atoms with Gasteiger partial charge in [0.1, 0.15) is 0 Å². The third kappa shape index (κ3) is 6.20. The van der Waals surface area contributed by atoms with Crippen LogP contribution in [0.1, 0.15) is 30.6 Å². The summed E-state index contributed by atoms with van der Waals surface area (Å²) in [7, 11) is -3.13. The molecule has 1 aliphatic heterocycles. The fraction of sp³-hybridized carbons (Fsp3) is 0.579. The highest BCUT2D eigenvalue weighted by Gasteiger charge is 2.35. The summed E-state index contributed by atoms with van der Waals surface area (Å²) in [5.41, 5.74) is 0.775. The van der Waals surface area contributed by atoms with E-state index in [1.54, 1.807) is 24.3 Å². The second-order valence-corrected chi connectivity index (χ2v) is 9.50. The number of aliphatic hydroxyl groups is 1. The Labute approximate surface area is 165 Å². The predicted molar refractivity (Wildman–Crippen MR) is 106 cm³/mol. The molecule has 0 unspecified atom stereocenters. The van der Waals surface area contributed by atoms with E-state index < -0.39 is 28.3 Å². The quantitative estimate of drug-likeness (QED) is 0.580. The molecule has 0 saturated carbocycles. The van der Waals surface area contributed by atoms with Crippen LogP contribution in [0, 0.1) is 5.92 Å². The minimum Gasteiger partial charge on any atom is -0.452 e. The molecule has 156 valence electrons. The van der Waals surface area contributed by atoms with Gasteiger partial charge in [0.05, 0.1) is 23.7 Å². The number of aliphatic hydroxyl groups excluding tert-OH is 1. The van der Waals surface area contributed by atoms with Gasteiger partial charge in [-0.15, -0.1) is 0 Å². The van der Waals surface area contributed by atoms with Gasteiger partial charge in [-0.05, 0) is 24.5 Å². The Kier molecular flexibility index (Phi) is 7.82. The topological polar surface area (TPSA) is 113 Å². The van der Waals surface area contributed by atoms with Crippen molar-refractivity contribution >= 4 is 27.4 Å². The standard InChI is InChI=1S/C19H28N2O6S/c1-14(2)11-21(15-7-10-28(25,26)13-15)18(23)12-27-19(24)16-5-3-4-6-17(16)20-8-9-22/h3-6,14-15,20,22H,7-13H2,1-2H3/t15-/m0/s1. The van der Waals surface area contributed by atoms with Gasteiger partial charge in [0.2, 0.25) is 0 Å². The molecule has 1 amide bonds. The predicted octanol–water partition coefficient (Wildman–Crippen LogP) is 0.919. The lowest BCUT2D eigenvalue weighted by Crippen LogP contribution is -2.45. The smallest absolute Gasteiger partial charge is 0.340 e. The number of hydrogen-bond acceptors (Lipinski definition) is 7. The lowest BCUT2D eigenvalue weighted by atomic mass is 10.1. The highest BCUT2D eigenvalue weighted by molar-refractivity contribution is 7.91. The van der Waals surface area contributed by atoms with Crippen LogP contribution in [0.5, 0.6) is 0 Å². The van der Waals surface area contributed by atoms with Crippen LogP contribution in [0.25, 0.3) is 0 Å². The summed E-state index contributed by atoms with van der Waals surface area (Å²) in [6.07, 6.45) is 0.405. The van der Waals surface area contributed by atoms with E-state index in [1.807, 2.05) is 13.8 Å². The molecule has 28 heavy (non-hydrogen) atoms. The molecule has 1 aromatic carbocycles. The van der Waals surface area contributed by atoms with Gasteiger partial charge in [-0.25, -0.2) is 13.2 Å². The first-order valence-electron chi connectivity index (χ1n) is 9.34. The number of ether oxygens (including phenoxy) is 1. The van der Waals surface area contributed by atoms with Crippen LogP contribution in [0.15, 0.2) is 24.3 Å². The number of carbonyl (C=O) groups is 2. The van der Waals surface area contributed by atoms with Crippen LogP contribution in [-0.4, -0.2) is 74.2 Å². The maximum atomic E-state index is 12.7. The van der Waals surface area contributed by atoms with E-state index in [0.29, 0.717) is 18.7 Å². The number of esters is 1. The number of hydrogen-bond donors (Lipinski definition) is 2. The Balaban J connectivity index is 2.03. The minimum absolute atomic E-state index is 0.0483. The molecule has 2 N–H and O–H groups in total. The monoisotopic (exact) mass is 412 g/mol. The third-order valence-corrected chi connectivity index (χ3v) is 6.18. The lowest BCUT2D eigenvalue weighted by molar-refractivity contribution is -0.137. The molecule has 8 nitrogen and oxygen atoms in total. The Morgan fingerprint density at radius 2 is 2.04 bits per heavy atom. The van der Waals surface area contributed by atoms with Crippen molar-refractivity contribution in [1.82, 2.24) is 4.90 Å². The number of amides is 1. The normalized spacial score (nSPS) is 18.1. The average Bonchev–Trinajstić information content (AvgIpc) is 3.01. The van der Waals surface area contributed by atoms with Gasteiger partial charge < -0.3 is 20.1 Å². The van der Waals surface area contributed by atoms with Crippen LogP contribution < -0.4 is 5.32 Å². The molecule has 0 bridgehead atoms. The summed E-state index contributed by atoms with van der Waals surface area (Å²) < 4.78 is 28.8. The molecule has 1 atom stereocenters. The fourth-order valence-corrected chi connectivity index (χ4v) is 4.89. The van der Waals surface area contributed by atoms with E-state index >= 15 is 0 Å². The average molecular weight is 413 g/mol. The summed E-state index contributed by atoms with van der Waals surface area (Å²) >= 11 is 0. The molecule has 0 radical (unpaired) electrons. The van der Waals surface area contributed by atoms with Crippen molar-refractivity contribution in [3.05, 3.63) is 29.8 Å². The summed E-state index contributed by atoms with van der Waals surface area (Å²) in [5.74, 6) is -0.870. The second-order valence-electron chi connectivity index (χ2n) is 7.27. The number of anilines is 1. The summed E-state index contributed by atoms with van der Waals surface area (Å²) in [5, 5.41) is 11.9. The van der Waals surface area contributed by atoms with Crippen molar-refractivity contribution in [2.45, 2.75) is 26.3 Å². The molecule has 1 heterocycles. The van der Waals surface area contributed by atoms with E-state index in [0.717, 1.165) is 0 Å². The lowest BCUT2D eigenvalue weighted by Gasteiger charge is -2.29. The number of sulfone groups is 1. The van der Waals surface area contributed by atoms with E-state index in [-0.39, 0.29) is 42.2 Å². The van der Waals surface area contributed by atoms with Gasteiger partial charge in [0, 0.05) is 24.8 Å². The Bertz CT molecular complexity index is 793. The first kappa shape index (κ1) is 22.2. The van der Waals surface area contributed by atoms with Crippen molar-refractivity contribution < 1.29 is 27.9 Å². The van der Waals surface area contributed by atoms with E-state index in [2.05, 4.69) is 5.32 Å². The number of benzene rings is 1. The van der Waals surface area contributed by atoms with E-state index in [1.165, 1.54) is 4.90 Å². The van der Waals surface area contributed by atoms with E-state index in [9.17, 15) is 18.0 Å². The SMILES string of the molecule is CC(C)CN(C(=O)COC(=O)c1ccccc1NCCO)[C@H]1CCS(=O)(=O)C1. The van der Waals surface area contributed by atoms with Gasteiger partial charge in [-0.2, -0.15) is 0 Å². The van der Waals surface area contributed by atoms with Gasteiger partial charge in [-0.3, -0.25) is 4.79 Å². The van der Waals surface area contributed by atoms with Crippen LogP contribution in [0.2, 0.25) is 0 Å². The number of rotatable bonds is 9. The van der Waals surface area contributed by atoms with E-state index in [4.69, 9.17) is 9.84 Å². The number of nitrogens with zero attached hydrogens (tertiary/aromatic N) is 1. The van der Waals surface area contributed by atoms with Crippen molar-refractivity contribution in [3.8, 4) is 0 Å². The molecule has 0 aliphatic carbocycles. The number of nitrogens with one attached hydrogen (secondary N) is 1. The molecular weight excluding hydrogens is 384 g/mol. The van der Waals surface area contributed by atoms with Crippen molar-refractivity contribution in [1.29, 1.82) is 0 Å². The Hall–Kier alpha value is -2.13. The van der Waals surface area contributed by atoms with Gasteiger partial charge in [0.25, 0.3) is 5.91 Å². The highest BCUT2D eigenvalue weighted by atomic mass is 32.2. The van der Waals surface area contributed by atoms with Crippen LogP contribution in [0.4, 0.5) is 5.69 Å². The zero-order valence-corrected chi connectivity index (χ0v) is 17.1. The Morgan fingerprint density at radius 1 is 1.32 bits per heavy atom. The van der Waals surface area contributed by atoms with Crippen molar-refractivity contribution in [3.63, 3.8) is 0 Å². The van der Waals surface area contributed by atoms with Gasteiger partial charge in [-0.1, -0.05) is 26.0 Å². The van der Waals surface area contributed by atoms with Crippen LogP contribution in [0.3, 0.4) is 0 Å². The second kappa shape index (κ2) is 9.88. The largest absolute Gasteiger partial charge is 0.452 e. The first-order chi connectivity index (χ1) is 13.2. The summed E-state index contributed by atoms with van der Waals surface area (Å²) in [4.78, 5) is 26.6. The molecule has 2 rings (SSSR count). The highest BCUT2D eigenvalue weighted by Crippen LogP contribution is 2.20. The summed E-state index contributed by atoms with van der Waals surface area (Å²) in [6.45, 7) is 4.04. The van der Waals surface area contributed by atoms with Gasteiger partial charge >= 0.3 is 5.97 Å². The van der Waals surface area contributed by atoms with Crippen LogP contribution in [-0.2, 0) is 19.4 Å². The molecule has 9 heteroatoms. The molecule has 1 fully saturated rings. The van der Waals surface area contributed by atoms with Crippen molar-refractivity contribution in [2.24, 2.45) is 5.92 Å². The zero-order valence-electron chi connectivity index (χ0n) is 16.3.